The largest absolute Gasteiger partial charge is 0.304 e. The Balaban J connectivity index is 0.000000172. The number of rotatable bonds is 5. The minimum atomic E-state index is 0. The zero-order chi connectivity index (χ0) is 29.6. The van der Waals surface area contributed by atoms with Gasteiger partial charge in [0.1, 0.15) is 0 Å². The van der Waals surface area contributed by atoms with Crippen LogP contribution in [0, 0.1) is 25.0 Å². The van der Waals surface area contributed by atoms with Crippen molar-refractivity contribution in [3.05, 3.63) is 151 Å². The molecule has 0 amide bonds. The fraction of sp³-hybridized carbons (Fsp3) is 0.125. The predicted octanol–water partition coefficient (Wildman–Crippen LogP) is 9.97. The first kappa shape index (κ1) is 30.9. The molecule has 219 valence electrons. The molecule has 0 saturated heterocycles. The molecule has 0 atom stereocenters. The van der Waals surface area contributed by atoms with Crippen molar-refractivity contribution in [1.82, 2.24) is 15.0 Å². The smallest absolute Gasteiger partial charge is 0.0756 e. The van der Waals surface area contributed by atoms with Gasteiger partial charge in [-0.1, -0.05) is 80.6 Å². The van der Waals surface area contributed by atoms with Gasteiger partial charge in [-0.05, 0) is 47.0 Å². The van der Waals surface area contributed by atoms with Crippen molar-refractivity contribution >= 4 is 21.7 Å². The van der Waals surface area contributed by atoms with Crippen LogP contribution in [0.2, 0.25) is 0 Å². The maximum atomic E-state index is 4.73. The van der Waals surface area contributed by atoms with Crippen LogP contribution in [0.3, 0.4) is 0 Å². The minimum absolute atomic E-state index is 0. The van der Waals surface area contributed by atoms with Crippen molar-refractivity contribution in [1.29, 1.82) is 0 Å². The zero-order valence-electron chi connectivity index (χ0n) is 25.1. The maximum Gasteiger partial charge on any atom is 0.0756 e. The molecule has 0 unspecified atom stereocenters. The summed E-state index contributed by atoms with van der Waals surface area (Å²) in [6, 6.07) is 45.6. The predicted molar refractivity (Wildman–Crippen MR) is 179 cm³/mol. The molecule has 2 aromatic heterocycles. The Morgan fingerprint density at radius 3 is 2.14 bits per heavy atom. The van der Waals surface area contributed by atoms with Crippen molar-refractivity contribution in [2.45, 2.75) is 27.2 Å². The van der Waals surface area contributed by atoms with Crippen LogP contribution in [0.25, 0.3) is 55.4 Å². The third-order valence-corrected chi connectivity index (χ3v) is 7.40. The van der Waals surface area contributed by atoms with E-state index in [9.17, 15) is 0 Å². The number of nitrogens with zero attached hydrogens (tertiary/aromatic N) is 3. The van der Waals surface area contributed by atoms with Crippen LogP contribution in [-0.2, 0) is 26.5 Å². The van der Waals surface area contributed by atoms with Gasteiger partial charge in [0.05, 0.1) is 11.3 Å². The Labute approximate surface area is 273 Å². The summed E-state index contributed by atoms with van der Waals surface area (Å²) in [5.74, 6) is 1.38. The van der Waals surface area contributed by atoms with Crippen LogP contribution in [0.5, 0.6) is 0 Å². The van der Waals surface area contributed by atoms with E-state index in [0.717, 1.165) is 45.4 Å². The van der Waals surface area contributed by atoms with Gasteiger partial charge in [0.2, 0.25) is 0 Å². The second kappa shape index (κ2) is 14.3. The molecule has 0 bridgehead atoms. The summed E-state index contributed by atoms with van der Waals surface area (Å²) in [6.45, 7) is 6.66. The molecule has 4 heteroatoms. The van der Waals surface area contributed by atoms with Gasteiger partial charge in [-0.2, -0.15) is 0 Å². The molecular formula is C40H33IrN3-2. The third kappa shape index (κ3) is 7.17. The average Bonchev–Trinajstić information content (AvgIpc) is 3.05. The summed E-state index contributed by atoms with van der Waals surface area (Å²) >= 11 is 0. The number of aryl methyl sites for hydroxylation is 1. The molecule has 0 N–H and O–H groups in total. The van der Waals surface area contributed by atoms with Crippen LogP contribution in [0.4, 0.5) is 0 Å². The van der Waals surface area contributed by atoms with E-state index in [1.165, 1.54) is 27.6 Å². The number of hydrogen-bond donors (Lipinski definition) is 0. The fourth-order valence-electron chi connectivity index (χ4n) is 5.32. The van der Waals surface area contributed by atoms with E-state index >= 15 is 0 Å². The first-order chi connectivity index (χ1) is 21.0. The second-order valence-corrected chi connectivity index (χ2v) is 11.2. The summed E-state index contributed by atoms with van der Waals surface area (Å²) < 4.78 is 0. The molecule has 0 saturated carbocycles. The van der Waals surface area contributed by atoms with E-state index in [1.807, 2.05) is 73.1 Å². The molecule has 3 nitrogen and oxygen atoms in total. The number of hydrogen-bond acceptors (Lipinski definition) is 3. The number of aromatic nitrogens is 3. The molecule has 1 radical (unpaired) electrons. The van der Waals surface area contributed by atoms with Gasteiger partial charge in [0.25, 0.3) is 0 Å². The van der Waals surface area contributed by atoms with Crippen molar-refractivity contribution in [2.75, 3.05) is 0 Å². The minimum Gasteiger partial charge on any atom is -0.304 e. The number of fused-ring (bicyclic) bond motifs is 3. The van der Waals surface area contributed by atoms with Gasteiger partial charge >= 0.3 is 0 Å². The van der Waals surface area contributed by atoms with Gasteiger partial charge in [0.15, 0.2) is 0 Å². The van der Waals surface area contributed by atoms with E-state index in [4.69, 9.17) is 4.98 Å². The summed E-state index contributed by atoms with van der Waals surface area (Å²) in [7, 11) is 0. The molecule has 0 aliphatic carbocycles. The van der Waals surface area contributed by atoms with Gasteiger partial charge in [0, 0.05) is 48.8 Å². The summed E-state index contributed by atoms with van der Waals surface area (Å²) in [4.78, 5) is 13.8. The third-order valence-electron chi connectivity index (χ3n) is 7.40. The summed E-state index contributed by atoms with van der Waals surface area (Å²) in [6.07, 6.45) is 4.97. The quantitative estimate of drug-likeness (QED) is 0.130. The van der Waals surface area contributed by atoms with E-state index in [2.05, 4.69) is 97.5 Å². The Morgan fingerprint density at radius 2 is 1.41 bits per heavy atom. The van der Waals surface area contributed by atoms with Gasteiger partial charge in [-0.3, -0.25) is 9.97 Å². The molecule has 0 aliphatic rings. The molecule has 0 fully saturated rings. The average molecular weight is 748 g/mol. The molecule has 7 aromatic rings. The first-order valence-corrected chi connectivity index (χ1v) is 14.7. The summed E-state index contributed by atoms with van der Waals surface area (Å²) in [5.41, 5.74) is 9.01. The second-order valence-electron chi connectivity index (χ2n) is 11.2. The van der Waals surface area contributed by atoms with Crippen LogP contribution in [0.15, 0.2) is 128 Å². The van der Waals surface area contributed by atoms with Gasteiger partial charge < -0.3 is 4.98 Å². The van der Waals surface area contributed by atoms with Crippen LogP contribution >= 0.6 is 0 Å². The SMILES string of the molecule is Cc1cc(-c2[c-]cccc2)ncc1-c1cccc(CC(C)C)c1.[Ir].[c-]1ccccc1-c1ncc2ccc3ccccc3c2n1. The van der Waals surface area contributed by atoms with E-state index in [1.54, 1.807) is 0 Å². The normalized spacial score (nSPS) is 10.7. The molecular weight excluding hydrogens is 715 g/mol. The molecule has 0 aliphatic heterocycles. The monoisotopic (exact) mass is 748 g/mol. The fourth-order valence-corrected chi connectivity index (χ4v) is 5.32. The zero-order valence-corrected chi connectivity index (χ0v) is 27.5. The number of pyridine rings is 1. The molecule has 44 heavy (non-hydrogen) atoms. The Kier molecular flexibility index (Phi) is 10.1. The Morgan fingerprint density at radius 1 is 0.682 bits per heavy atom. The van der Waals surface area contributed by atoms with Crippen molar-refractivity contribution in [3.63, 3.8) is 0 Å². The van der Waals surface area contributed by atoms with Crippen molar-refractivity contribution < 1.29 is 20.1 Å². The van der Waals surface area contributed by atoms with Crippen LogP contribution < -0.4 is 0 Å². The first-order valence-electron chi connectivity index (χ1n) is 14.7. The molecule has 0 spiro atoms. The standard InChI is InChI=1S/C22H22N.C18H11N2.Ir/c1-16(2)12-18-8-7-11-20(14-18)21-15-23-22(13-17(21)3)19-9-5-4-6-10-19;1-2-7-14(8-3-1)18-19-12-15-11-10-13-6-4-5-9-16(13)17(15)20-18;/h4-9,11,13-16H,12H2,1-3H3;1-7,9-12H;/q2*-1;. The van der Waals surface area contributed by atoms with Crippen molar-refractivity contribution in [2.24, 2.45) is 5.92 Å². The molecule has 7 rings (SSSR count). The molecule has 2 heterocycles. The van der Waals surface area contributed by atoms with E-state index < -0.39 is 0 Å². The van der Waals surface area contributed by atoms with Gasteiger partial charge in [-0.25, -0.2) is 0 Å². The van der Waals surface area contributed by atoms with Crippen LogP contribution in [-0.4, -0.2) is 15.0 Å². The van der Waals surface area contributed by atoms with Crippen molar-refractivity contribution in [3.8, 4) is 33.8 Å². The maximum absolute atomic E-state index is 4.73. The van der Waals surface area contributed by atoms with E-state index in [-0.39, 0.29) is 20.1 Å². The summed E-state index contributed by atoms with van der Waals surface area (Å²) in [5, 5.41) is 3.41. The number of benzene rings is 5. The van der Waals surface area contributed by atoms with E-state index in [0.29, 0.717) is 5.92 Å². The Bertz CT molecular complexity index is 1990. The van der Waals surface area contributed by atoms with Crippen LogP contribution in [0.1, 0.15) is 25.0 Å². The molecule has 5 aromatic carbocycles. The topological polar surface area (TPSA) is 38.7 Å². The van der Waals surface area contributed by atoms with Gasteiger partial charge in [-0.15, -0.1) is 71.8 Å². The Hall–Kier alpha value is -4.50.